The number of carbonyl (C=O) groups excluding carboxylic acids is 2. The van der Waals surface area contributed by atoms with E-state index in [-0.39, 0.29) is 22.8 Å². The lowest BCUT2D eigenvalue weighted by atomic mass is 9.60. The summed E-state index contributed by atoms with van der Waals surface area (Å²) in [6.07, 6.45) is 20.4. The van der Waals surface area contributed by atoms with Crippen LogP contribution in [0.5, 0.6) is 0 Å². The fourth-order valence-electron chi connectivity index (χ4n) is 29.4. The second-order valence-corrected chi connectivity index (χ2v) is 32.2. The highest BCUT2D eigenvalue weighted by molar-refractivity contribution is 6.82. The summed E-state index contributed by atoms with van der Waals surface area (Å²) in [7, 11) is 0. The molecule has 0 aliphatic heterocycles. The molecule has 4 aliphatic carbocycles. The summed E-state index contributed by atoms with van der Waals surface area (Å²) in [6.45, 7) is 4.79. The molecule has 2 spiro atoms. The van der Waals surface area contributed by atoms with Gasteiger partial charge in [-0.2, -0.15) is 0 Å². The molecule has 4 nitrogen and oxygen atoms in total. The van der Waals surface area contributed by atoms with Crippen LogP contribution in [0, 0.1) is 5.92 Å². The number of carbonyl (C=O) groups is 2. The van der Waals surface area contributed by atoms with Crippen LogP contribution >= 0.6 is 0 Å². The van der Waals surface area contributed by atoms with Gasteiger partial charge in [-0.05, 0) is 364 Å². The lowest BCUT2D eigenvalue weighted by Crippen LogP contribution is -2.33. The highest BCUT2D eigenvalue weighted by atomic mass is 16.5. The number of rotatable bonds is 22. The molecule has 0 amide bonds. The predicted octanol–water partition coefficient (Wildman–Crippen LogP) is 23.8. The van der Waals surface area contributed by atoms with E-state index in [4.69, 9.17) is 9.47 Å². The maximum atomic E-state index is 12.3. The fraction of sp³-hybridized carbons (Fsp3) is 0.302. The summed E-state index contributed by atoms with van der Waals surface area (Å²) in [6, 6.07) is 0. The van der Waals surface area contributed by atoms with Crippen LogP contribution in [0.4, 0.5) is 0 Å². The molecule has 0 N–H and O–H groups in total. The van der Waals surface area contributed by atoms with Crippen molar-refractivity contribution in [3.63, 3.8) is 0 Å². The normalized spacial score (nSPS) is 21.6. The second-order valence-electron chi connectivity index (χ2n) is 32.2. The first kappa shape index (κ1) is 41.6. The van der Waals surface area contributed by atoms with Crippen molar-refractivity contribution >= 4 is 303 Å². The maximum Gasteiger partial charge on any atom is 0.305 e. The first-order valence-electron chi connectivity index (χ1n) is 35.7. The SMILES string of the molecule is CCOC(=O)CCCCCCCCCC1c2c3c4c5c6c7c8c9c%10c(c%11c2c2c%12c3c3c4c4c6c6c%13c7c7c9c9c%10c%10c%11c%11c2c2c%12c%12c3c3c4c6c4c6c%13c7c7c9c9c%10c%11c%10c2c2c%12c3c4c3c6c7c9c%10c23)C12C(CCCCCCCCCC(=O)OCC)C582. The number of esters is 2. The Hall–Kier alpha value is -8.60. The molecule has 1 fully saturated rings. The molecule has 28 aromatic rings. The van der Waals surface area contributed by atoms with Crippen molar-refractivity contribution in [1.82, 2.24) is 0 Å². The van der Waals surface area contributed by atoms with Crippen molar-refractivity contribution in [2.24, 2.45) is 5.92 Å². The number of fused-ring (bicyclic) bond motifs is 3. The average molecular weight is 1150 g/mol. The molecule has 0 aromatic heterocycles. The van der Waals surface area contributed by atoms with Crippen LogP contribution < -0.4 is 0 Å². The first-order chi connectivity index (χ1) is 44.7. The van der Waals surface area contributed by atoms with Gasteiger partial charge in [0, 0.05) is 23.7 Å². The summed E-state index contributed by atoms with van der Waals surface area (Å²) in [5.74, 6) is 0.890. The Morgan fingerprint density at radius 2 is 0.467 bits per heavy atom. The fourth-order valence-corrected chi connectivity index (χ4v) is 29.4. The number of unbranched alkanes of at least 4 members (excludes halogenated alkanes) is 12. The predicted molar refractivity (Wildman–Crippen MR) is 377 cm³/mol. The highest BCUT2D eigenvalue weighted by Crippen LogP contribution is 2.92. The van der Waals surface area contributed by atoms with Gasteiger partial charge in [-0.15, -0.1) is 0 Å². The van der Waals surface area contributed by atoms with E-state index in [0.717, 1.165) is 25.7 Å². The van der Waals surface area contributed by atoms with Gasteiger partial charge in [-0.1, -0.05) is 77.0 Å². The van der Waals surface area contributed by atoms with E-state index in [1.807, 2.05) is 36.1 Å². The number of hydrogen-bond acceptors (Lipinski definition) is 4. The topological polar surface area (TPSA) is 52.6 Å². The molecule has 90 heavy (non-hydrogen) atoms. The van der Waals surface area contributed by atoms with Gasteiger partial charge >= 0.3 is 11.9 Å². The molecule has 4 atom stereocenters. The number of hydrogen-bond donors (Lipinski definition) is 0. The van der Waals surface area contributed by atoms with E-state index in [0.29, 0.717) is 37.9 Å². The van der Waals surface area contributed by atoms with Gasteiger partial charge in [0.25, 0.3) is 0 Å². The van der Waals surface area contributed by atoms with Gasteiger partial charge in [0.05, 0.1) is 13.2 Å². The minimum Gasteiger partial charge on any atom is -0.466 e. The van der Waals surface area contributed by atoms with Gasteiger partial charge in [0.2, 0.25) is 0 Å². The van der Waals surface area contributed by atoms with Gasteiger partial charge in [0.15, 0.2) is 0 Å². The van der Waals surface area contributed by atoms with E-state index < -0.39 is 0 Å². The summed E-state index contributed by atoms with van der Waals surface area (Å²) in [4.78, 5) is 24.6. The van der Waals surface area contributed by atoms with Crippen LogP contribution in [0.15, 0.2) is 0 Å². The Bertz CT molecular complexity index is 7930. The van der Waals surface area contributed by atoms with Crippen molar-refractivity contribution < 1.29 is 19.1 Å². The zero-order valence-electron chi connectivity index (χ0n) is 49.9. The first-order valence-corrected chi connectivity index (χ1v) is 35.7. The van der Waals surface area contributed by atoms with Gasteiger partial charge in [-0.3, -0.25) is 9.59 Å². The number of benzene rings is 18. The van der Waals surface area contributed by atoms with Crippen LogP contribution in [-0.4, -0.2) is 25.2 Å². The molecular formula is C86H48O4. The van der Waals surface area contributed by atoms with E-state index in [1.54, 1.807) is 291 Å². The quantitative estimate of drug-likeness (QED) is 0.0385. The summed E-state index contributed by atoms with van der Waals surface area (Å²) >= 11 is 0. The average Bonchev–Trinajstić information content (AvgIpc) is 1.37. The van der Waals surface area contributed by atoms with E-state index >= 15 is 0 Å². The zero-order valence-corrected chi connectivity index (χ0v) is 49.9. The molecule has 4 heteroatoms. The monoisotopic (exact) mass is 1140 g/mol. The standard InChI is InChI=1S/C86H48O4/c1-3-89-25(87)21-17-13-9-5-7-11-15-19-23-27-28-30-32-31-29(27)77-71-62(31)54-47-34(32)35-33(30)63-55-48-36(35)37-38-39-41-44(40(37)47)51(54)59-56-49(41)50-43(39)46-45(42(38)48)52-58-53(46)61-57(50)65-64(56)72(67(59)71)80-81-73(65)68(61)75-69(58)74-66(60(52)55)70(63)76(28)82-78(74)79(75)84(81)86(83(77)80)24(85(23,82)86)20-16-12-8-6-10-14-18-22-26(88)90-4-2/h23-24H,3-22H2,1-2H3. The van der Waals surface area contributed by atoms with Crippen LogP contribution in [0.2, 0.25) is 0 Å². The highest BCUT2D eigenvalue weighted by Gasteiger charge is 2.85. The lowest BCUT2D eigenvalue weighted by Gasteiger charge is -2.41. The van der Waals surface area contributed by atoms with Crippen LogP contribution in [-0.2, 0) is 29.9 Å². The molecule has 28 aromatic carbocycles. The van der Waals surface area contributed by atoms with Crippen LogP contribution in [0.3, 0.4) is 0 Å². The third-order valence-electron chi connectivity index (χ3n) is 30.4. The molecule has 1 saturated carbocycles. The maximum absolute atomic E-state index is 12.3. The summed E-state index contributed by atoms with van der Waals surface area (Å²) in [5.41, 5.74) is 7.32. The molecule has 32 rings (SSSR count). The smallest absolute Gasteiger partial charge is 0.305 e. The largest absolute Gasteiger partial charge is 0.466 e. The van der Waals surface area contributed by atoms with Crippen molar-refractivity contribution in [2.45, 2.75) is 146 Å². The summed E-state index contributed by atoms with van der Waals surface area (Å²) in [5, 5.41) is 91.5. The molecular weight excluding hydrogens is 1100 g/mol. The van der Waals surface area contributed by atoms with E-state index in [9.17, 15) is 9.59 Å². The Kier molecular flexibility index (Phi) is 5.25. The third kappa shape index (κ3) is 2.93. The Balaban J connectivity index is 0.783. The van der Waals surface area contributed by atoms with Crippen molar-refractivity contribution in [3.05, 3.63) is 22.3 Å². The van der Waals surface area contributed by atoms with Crippen molar-refractivity contribution in [2.75, 3.05) is 13.2 Å². The molecule has 4 aliphatic rings. The molecule has 0 bridgehead atoms. The molecule has 0 radical (unpaired) electrons. The van der Waals surface area contributed by atoms with Gasteiger partial charge < -0.3 is 9.47 Å². The minimum absolute atomic E-state index is 0.0329. The second kappa shape index (κ2) is 11.3. The van der Waals surface area contributed by atoms with Crippen molar-refractivity contribution in [1.29, 1.82) is 0 Å². The number of ether oxygens (including phenoxy) is 2. The molecule has 4 unspecified atom stereocenters. The van der Waals surface area contributed by atoms with E-state index in [1.165, 1.54) is 77.0 Å². The zero-order chi connectivity index (χ0) is 56.4. The van der Waals surface area contributed by atoms with Gasteiger partial charge in [-0.25, -0.2) is 0 Å². The van der Waals surface area contributed by atoms with Crippen LogP contribution in [0.1, 0.15) is 158 Å². The molecule has 0 saturated heterocycles. The Labute approximate surface area is 506 Å². The van der Waals surface area contributed by atoms with E-state index in [2.05, 4.69) is 0 Å². The van der Waals surface area contributed by atoms with Crippen molar-refractivity contribution in [3.8, 4) is 0 Å². The molecule has 0 heterocycles. The van der Waals surface area contributed by atoms with Crippen LogP contribution in [0.25, 0.3) is 291 Å². The van der Waals surface area contributed by atoms with Gasteiger partial charge in [0.1, 0.15) is 0 Å². The molecule has 416 valence electrons. The summed E-state index contributed by atoms with van der Waals surface area (Å²) < 4.78 is 10.6. The minimum atomic E-state index is -0.103. The third-order valence-corrected chi connectivity index (χ3v) is 30.4. The Morgan fingerprint density at radius 3 is 0.756 bits per heavy atom. The Morgan fingerprint density at radius 1 is 0.256 bits per heavy atom. The lowest BCUT2D eigenvalue weighted by molar-refractivity contribution is -0.144.